The van der Waals surface area contributed by atoms with Crippen LogP contribution in [0.3, 0.4) is 0 Å². The van der Waals surface area contributed by atoms with Gasteiger partial charge in [0.2, 0.25) is 0 Å². The Balaban J connectivity index is 1.98. The minimum atomic E-state index is 0.129. The lowest BCUT2D eigenvalue weighted by molar-refractivity contribution is 0.0582. The van der Waals surface area contributed by atoms with Crippen molar-refractivity contribution in [3.8, 4) is 0 Å². The van der Waals surface area contributed by atoms with Crippen molar-refractivity contribution in [2.45, 2.75) is 12.5 Å². The minimum absolute atomic E-state index is 0.129. The smallest absolute Gasteiger partial charge is 0.319 e. The molecule has 104 valence electrons. The highest BCUT2D eigenvalue weighted by molar-refractivity contribution is 5.73. The number of piperidine rings is 1. The summed E-state index contributed by atoms with van der Waals surface area (Å²) >= 11 is 0. The summed E-state index contributed by atoms with van der Waals surface area (Å²) in [6.07, 6.45) is 1.36. The van der Waals surface area contributed by atoms with E-state index in [2.05, 4.69) is 19.0 Å². The topological polar surface area (TPSA) is 36.0 Å². The monoisotopic (exact) mass is 255 g/mol. The van der Waals surface area contributed by atoms with Gasteiger partial charge in [0.1, 0.15) is 0 Å². The first-order chi connectivity index (χ1) is 8.49. The molecule has 5 nitrogen and oxygen atoms in total. The first-order valence-corrected chi connectivity index (χ1v) is 6.71. The molecule has 0 aliphatic carbocycles. The molecule has 2 aliphatic rings. The molecule has 18 heavy (non-hydrogen) atoms. The van der Waals surface area contributed by atoms with E-state index in [0.717, 1.165) is 32.7 Å². The van der Waals surface area contributed by atoms with Gasteiger partial charge in [-0.15, -0.1) is 0 Å². The molecule has 2 rings (SSSR count). The fourth-order valence-electron chi connectivity index (χ4n) is 3.03. The molecular formula is C13H25N3O2. The van der Waals surface area contributed by atoms with Gasteiger partial charge in [0.05, 0.1) is 12.7 Å². The first-order valence-electron chi connectivity index (χ1n) is 6.71. The molecule has 5 heteroatoms. The maximum Gasteiger partial charge on any atom is 0.319 e. The second-order valence-electron chi connectivity index (χ2n) is 5.97. The Kier molecular flexibility index (Phi) is 4.12. The average molecular weight is 255 g/mol. The number of ether oxygens (including phenoxy) is 1. The van der Waals surface area contributed by atoms with Crippen molar-refractivity contribution in [3.63, 3.8) is 0 Å². The van der Waals surface area contributed by atoms with E-state index in [0.29, 0.717) is 11.8 Å². The zero-order valence-corrected chi connectivity index (χ0v) is 11.9. The third-order valence-electron chi connectivity index (χ3n) is 4.01. The van der Waals surface area contributed by atoms with E-state index >= 15 is 0 Å². The highest BCUT2D eigenvalue weighted by atomic mass is 16.5. The van der Waals surface area contributed by atoms with E-state index in [-0.39, 0.29) is 12.1 Å². The van der Waals surface area contributed by atoms with Crippen molar-refractivity contribution in [2.24, 2.45) is 11.8 Å². The lowest BCUT2D eigenvalue weighted by Gasteiger charge is -2.37. The molecule has 2 amide bonds. The Labute approximate surface area is 110 Å². The van der Waals surface area contributed by atoms with Crippen LogP contribution in [-0.2, 0) is 4.74 Å². The number of hydrogen-bond donors (Lipinski definition) is 0. The van der Waals surface area contributed by atoms with Gasteiger partial charge in [0.25, 0.3) is 0 Å². The third kappa shape index (κ3) is 2.78. The number of likely N-dealkylation sites (N-methyl/N-ethyl adjacent to an activating group) is 1. The number of carbonyl (C=O) groups is 1. The van der Waals surface area contributed by atoms with Crippen molar-refractivity contribution in [2.75, 3.05) is 54.4 Å². The number of likely N-dealkylation sites (tertiary alicyclic amines) is 1. The fourth-order valence-corrected chi connectivity index (χ4v) is 3.03. The quantitative estimate of drug-likeness (QED) is 0.723. The number of urea groups is 1. The summed E-state index contributed by atoms with van der Waals surface area (Å²) in [5, 5.41) is 0. The van der Waals surface area contributed by atoms with Crippen molar-refractivity contribution in [1.29, 1.82) is 0 Å². The predicted octanol–water partition coefficient (Wildman–Crippen LogP) is 0.567. The van der Waals surface area contributed by atoms with Crippen LogP contribution < -0.4 is 0 Å². The van der Waals surface area contributed by atoms with Gasteiger partial charge in [0, 0.05) is 39.6 Å². The van der Waals surface area contributed by atoms with Gasteiger partial charge in [0.15, 0.2) is 0 Å². The molecule has 2 saturated heterocycles. The fraction of sp³-hybridized carbons (Fsp3) is 0.923. The third-order valence-corrected chi connectivity index (χ3v) is 4.01. The summed E-state index contributed by atoms with van der Waals surface area (Å²) < 4.78 is 5.91. The lowest BCUT2D eigenvalue weighted by Crippen LogP contribution is -2.49. The molecule has 0 aromatic heterocycles. The van der Waals surface area contributed by atoms with E-state index in [1.807, 2.05) is 19.0 Å². The van der Waals surface area contributed by atoms with Crippen LogP contribution in [0, 0.1) is 11.8 Å². The number of nitrogens with zero attached hydrogens (tertiary/aromatic N) is 3. The number of carbonyl (C=O) groups excluding carboxylic acids is 1. The summed E-state index contributed by atoms with van der Waals surface area (Å²) in [6.45, 7) is 3.54. The Bertz CT molecular complexity index is 307. The predicted molar refractivity (Wildman–Crippen MR) is 70.5 cm³/mol. The van der Waals surface area contributed by atoms with Crippen LogP contribution >= 0.6 is 0 Å². The van der Waals surface area contributed by atoms with Gasteiger partial charge in [-0.05, 0) is 26.4 Å². The van der Waals surface area contributed by atoms with Gasteiger partial charge in [-0.1, -0.05) is 0 Å². The highest BCUT2D eigenvalue weighted by Crippen LogP contribution is 2.34. The Morgan fingerprint density at radius 2 is 2.06 bits per heavy atom. The molecule has 0 aromatic carbocycles. The molecule has 0 radical (unpaired) electrons. The van der Waals surface area contributed by atoms with E-state index < -0.39 is 0 Å². The maximum absolute atomic E-state index is 12.0. The van der Waals surface area contributed by atoms with Crippen molar-refractivity contribution in [3.05, 3.63) is 0 Å². The summed E-state index contributed by atoms with van der Waals surface area (Å²) in [5.41, 5.74) is 0. The molecule has 2 heterocycles. The maximum atomic E-state index is 12.0. The summed E-state index contributed by atoms with van der Waals surface area (Å²) in [5.74, 6) is 1.14. The normalized spacial score (nSPS) is 31.6. The Morgan fingerprint density at radius 1 is 1.33 bits per heavy atom. The van der Waals surface area contributed by atoms with Crippen molar-refractivity contribution in [1.82, 2.24) is 14.7 Å². The molecule has 0 spiro atoms. The van der Waals surface area contributed by atoms with Crippen molar-refractivity contribution >= 4 is 6.03 Å². The van der Waals surface area contributed by atoms with Gasteiger partial charge >= 0.3 is 6.03 Å². The zero-order chi connectivity index (χ0) is 13.3. The second kappa shape index (κ2) is 5.45. The summed E-state index contributed by atoms with van der Waals surface area (Å²) in [7, 11) is 7.78. The molecule has 2 aliphatic heterocycles. The molecule has 0 saturated carbocycles. The molecule has 0 aromatic rings. The van der Waals surface area contributed by atoms with Crippen LogP contribution in [0.5, 0.6) is 0 Å². The van der Waals surface area contributed by atoms with Gasteiger partial charge in [-0.2, -0.15) is 0 Å². The number of rotatable bonds is 2. The number of hydrogen-bond acceptors (Lipinski definition) is 3. The zero-order valence-electron chi connectivity index (χ0n) is 11.9. The van der Waals surface area contributed by atoms with Gasteiger partial charge in [-0.25, -0.2) is 4.79 Å². The standard InChI is InChI=1S/C13H25N3O2/c1-14(2)8-12-11-7-16(13(17)15(3)4)6-5-10(11)9-18-12/h10-12H,5-9H2,1-4H3/t10-,11-,12+/m1/s1. The minimum Gasteiger partial charge on any atom is -0.376 e. The van der Waals surface area contributed by atoms with Gasteiger partial charge in [-0.3, -0.25) is 0 Å². The van der Waals surface area contributed by atoms with Crippen LogP contribution in [-0.4, -0.2) is 81.3 Å². The molecule has 0 bridgehead atoms. The molecule has 0 N–H and O–H groups in total. The first kappa shape index (κ1) is 13.6. The van der Waals surface area contributed by atoms with Gasteiger partial charge < -0.3 is 19.4 Å². The lowest BCUT2D eigenvalue weighted by atomic mass is 9.84. The van der Waals surface area contributed by atoms with E-state index in [1.54, 1.807) is 4.90 Å². The summed E-state index contributed by atoms with van der Waals surface area (Å²) in [4.78, 5) is 17.8. The SMILES string of the molecule is CN(C)C[C@@H]1OC[C@H]2CCN(C(=O)N(C)C)C[C@H]21. The van der Waals surface area contributed by atoms with Crippen LogP contribution in [0.1, 0.15) is 6.42 Å². The molecule has 0 unspecified atom stereocenters. The molecular weight excluding hydrogens is 230 g/mol. The molecule has 2 fully saturated rings. The second-order valence-corrected chi connectivity index (χ2v) is 5.97. The molecule has 3 atom stereocenters. The van der Waals surface area contributed by atoms with E-state index in [9.17, 15) is 4.79 Å². The van der Waals surface area contributed by atoms with Crippen LogP contribution in [0.15, 0.2) is 0 Å². The Morgan fingerprint density at radius 3 is 2.67 bits per heavy atom. The van der Waals surface area contributed by atoms with Crippen molar-refractivity contribution < 1.29 is 9.53 Å². The Hall–Kier alpha value is -0.810. The van der Waals surface area contributed by atoms with Crippen LogP contribution in [0.2, 0.25) is 0 Å². The van der Waals surface area contributed by atoms with E-state index in [1.165, 1.54) is 0 Å². The van der Waals surface area contributed by atoms with Crippen LogP contribution in [0.4, 0.5) is 4.79 Å². The van der Waals surface area contributed by atoms with Crippen LogP contribution in [0.25, 0.3) is 0 Å². The van der Waals surface area contributed by atoms with E-state index in [4.69, 9.17) is 4.74 Å². The number of fused-ring (bicyclic) bond motifs is 1. The highest BCUT2D eigenvalue weighted by Gasteiger charge is 2.42. The summed E-state index contributed by atoms with van der Waals surface area (Å²) in [6, 6.07) is 0.129. The number of amides is 2. The average Bonchev–Trinajstić information content (AvgIpc) is 2.70. The largest absolute Gasteiger partial charge is 0.376 e.